The molecule has 11 heavy (non-hydrogen) atoms. The first-order valence-corrected chi connectivity index (χ1v) is 3.64. The molecule has 2 heterocycles. The first-order chi connectivity index (χ1) is 5.25. The average Bonchev–Trinajstić information content (AvgIpc) is 2.27. The molecule has 2 N–H and O–H groups in total. The average molecular weight is 150 g/mol. The predicted molar refractivity (Wildman–Crippen MR) is 41.3 cm³/mol. The van der Waals surface area contributed by atoms with E-state index in [9.17, 15) is 0 Å². The van der Waals surface area contributed by atoms with Crippen LogP contribution in [0.2, 0.25) is 0 Å². The Labute approximate surface area is 65.2 Å². The fourth-order valence-corrected chi connectivity index (χ4v) is 1.25. The van der Waals surface area contributed by atoms with E-state index in [1.54, 1.807) is 0 Å². The summed E-state index contributed by atoms with van der Waals surface area (Å²) >= 11 is 0. The van der Waals surface area contributed by atoms with Gasteiger partial charge in [0.1, 0.15) is 5.75 Å². The van der Waals surface area contributed by atoms with E-state index in [0.717, 1.165) is 23.6 Å². The number of rotatable bonds is 0. The van der Waals surface area contributed by atoms with Gasteiger partial charge in [-0.2, -0.15) is 0 Å². The molecule has 0 bridgehead atoms. The second kappa shape index (κ2) is 2.20. The van der Waals surface area contributed by atoms with Crippen LogP contribution in [0.4, 0.5) is 0 Å². The van der Waals surface area contributed by atoms with Crippen molar-refractivity contribution in [2.24, 2.45) is 5.73 Å². The predicted octanol–water partition coefficient (Wildman–Crippen LogP) is 0.610. The number of nitrogens with two attached hydrogens (primary N) is 1. The zero-order chi connectivity index (χ0) is 7.84. The van der Waals surface area contributed by atoms with Gasteiger partial charge >= 0.3 is 0 Å². The highest BCUT2D eigenvalue weighted by Gasteiger charge is 2.19. The minimum Gasteiger partial charge on any atom is -0.473 e. The Kier molecular flexibility index (Phi) is 1.32. The van der Waals surface area contributed by atoms with Crippen LogP contribution in [0.5, 0.6) is 5.75 Å². The third-order valence-corrected chi connectivity index (χ3v) is 1.74. The van der Waals surface area contributed by atoms with Crippen molar-refractivity contribution in [3.63, 3.8) is 0 Å². The van der Waals surface area contributed by atoms with Crippen molar-refractivity contribution in [3.05, 3.63) is 23.5 Å². The summed E-state index contributed by atoms with van der Waals surface area (Å²) in [6, 6.07) is 3.85. The zero-order valence-electron chi connectivity index (χ0n) is 6.37. The van der Waals surface area contributed by atoms with Crippen LogP contribution < -0.4 is 10.5 Å². The van der Waals surface area contributed by atoms with Crippen molar-refractivity contribution in [2.45, 2.75) is 19.6 Å². The Hall–Kier alpha value is -1.09. The van der Waals surface area contributed by atoms with Crippen LogP contribution in [-0.2, 0) is 6.42 Å². The third-order valence-electron chi connectivity index (χ3n) is 1.74. The molecule has 1 unspecified atom stereocenters. The second-order valence-electron chi connectivity index (χ2n) is 2.76. The minimum atomic E-state index is -0.195. The number of nitrogens with zero attached hydrogens (tertiary/aromatic N) is 1. The molecule has 0 aliphatic carbocycles. The molecule has 0 saturated carbocycles. The molecular weight excluding hydrogens is 140 g/mol. The van der Waals surface area contributed by atoms with Gasteiger partial charge in [0.25, 0.3) is 0 Å². The lowest BCUT2D eigenvalue weighted by molar-refractivity contribution is 0.241. The van der Waals surface area contributed by atoms with Gasteiger partial charge < -0.3 is 4.74 Å². The number of pyridine rings is 1. The number of ether oxygens (including phenoxy) is 1. The van der Waals surface area contributed by atoms with Crippen molar-refractivity contribution in [3.8, 4) is 5.75 Å². The fourth-order valence-electron chi connectivity index (χ4n) is 1.25. The summed E-state index contributed by atoms with van der Waals surface area (Å²) in [5.41, 5.74) is 7.57. The number of fused-ring (bicyclic) bond motifs is 1. The van der Waals surface area contributed by atoms with E-state index in [1.807, 2.05) is 19.1 Å². The molecule has 2 rings (SSSR count). The van der Waals surface area contributed by atoms with Gasteiger partial charge in [0.05, 0.1) is 5.69 Å². The maximum atomic E-state index is 5.57. The van der Waals surface area contributed by atoms with Crippen molar-refractivity contribution in [1.82, 2.24) is 4.98 Å². The Morgan fingerprint density at radius 2 is 2.45 bits per heavy atom. The lowest BCUT2D eigenvalue weighted by Gasteiger charge is -2.00. The van der Waals surface area contributed by atoms with Gasteiger partial charge in [-0.05, 0) is 19.1 Å². The van der Waals surface area contributed by atoms with Gasteiger partial charge in [-0.1, -0.05) is 0 Å². The van der Waals surface area contributed by atoms with E-state index >= 15 is 0 Å². The molecule has 0 spiro atoms. The quantitative estimate of drug-likeness (QED) is 0.589. The van der Waals surface area contributed by atoms with Crippen molar-refractivity contribution >= 4 is 0 Å². The molecule has 1 atom stereocenters. The van der Waals surface area contributed by atoms with E-state index in [-0.39, 0.29) is 6.23 Å². The molecule has 0 amide bonds. The Bertz CT molecular complexity index is 285. The van der Waals surface area contributed by atoms with Crippen LogP contribution in [0.1, 0.15) is 11.4 Å². The minimum absolute atomic E-state index is 0.195. The summed E-state index contributed by atoms with van der Waals surface area (Å²) in [6.07, 6.45) is 0.538. The SMILES string of the molecule is Cc1ccc2c(n1)CC(N)O2. The number of aryl methyl sites for hydroxylation is 1. The molecule has 1 aliphatic rings. The van der Waals surface area contributed by atoms with E-state index in [2.05, 4.69) is 4.98 Å². The molecule has 58 valence electrons. The maximum Gasteiger partial charge on any atom is 0.153 e. The summed E-state index contributed by atoms with van der Waals surface area (Å²) in [5, 5.41) is 0. The van der Waals surface area contributed by atoms with Crippen molar-refractivity contribution < 1.29 is 4.74 Å². The van der Waals surface area contributed by atoms with E-state index in [0.29, 0.717) is 0 Å². The van der Waals surface area contributed by atoms with Gasteiger partial charge in [0, 0.05) is 12.1 Å². The van der Waals surface area contributed by atoms with Gasteiger partial charge in [-0.15, -0.1) is 0 Å². The molecule has 1 aromatic heterocycles. The van der Waals surface area contributed by atoms with Gasteiger partial charge in [0.2, 0.25) is 0 Å². The molecule has 1 aromatic rings. The van der Waals surface area contributed by atoms with Crippen LogP contribution in [-0.4, -0.2) is 11.2 Å². The lowest BCUT2D eigenvalue weighted by atomic mass is 10.2. The molecule has 0 radical (unpaired) electrons. The Morgan fingerprint density at radius 1 is 1.64 bits per heavy atom. The standard InChI is InChI=1S/C8H10N2O/c1-5-2-3-7-6(10-5)4-8(9)11-7/h2-3,8H,4,9H2,1H3. The second-order valence-corrected chi connectivity index (χ2v) is 2.76. The third kappa shape index (κ3) is 1.07. The molecule has 3 nitrogen and oxygen atoms in total. The van der Waals surface area contributed by atoms with E-state index in [4.69, 9.17) is 10.5 Å². The monoisotopic (exact) mass is 150 g/mol. The van der Waals surface area contributed by atoms with Crippen molar-refractivity contribution in [1.29, 1.82) is 0 Å². The topological polar surface area (TPSA) is 48.1 Å². The summed E-state index contributed by atoms with van der Waals surface area (Å²) in [7, 11) is 0. The van der Waals surface area contributed by atoms with Gasteiger partial charge in [-0.25, -0.2) is 0 Å². The molecular formula is C8H10N2O. The number of hydrogen-bond acceptors (Lipinski definition) is 3. The summed E-state index contributed by atoms with van der Waals surface area (Å²) < 4.78 is 5.28. The highest BCUT2D eigenvalue weighted by molar-refractivity contribution is 5.32. The molecule has 0 fully saturated rings. The zero-order valence-corrected chi connectivity index (χ0v) is 6.37. The van der Waals surface area contributed by atoms with E-state index in [1.165, 1.54) is 0 Å². The molecule has 0 aromatic carbocycles. The van der Waals surface area contributed by atoms with Crippen LogP contribution in [0.15, 0.2) is 12.1 Å². The molecule has 3 heteroatoms. The van der Waals surface area contributed by atoms with Crippen LogP contribution >= 0.6 is 0 Å². The number of hydrogen-bond donors (Lipinski definition) is 1. The largest absolute Gasteiger partial charge is 0.473 e. The lowest BCUT2D eigenvalue weighted by Crippen LogP contribution is -2.23. The first-order valence-electron chi connectivity index (χ1n) is 3.64. The summed E-state index contributed by atoms with van der Waals surface area (Å²) in [6.45, 7) is 1.96. The summed E-state index contributed by atoms with van der Waals surface area (Å²) in [5.74, 6) is 0.836. The van der Waals surface area contributed by atoms with Gasteiger partial charge in [0.15, 0.2) is 6.23 Å². The first kappa shape index (κ1) is 6.61. The van der Waals surface area contributed by atoms with Gasteiger partial charge in [-0.3, -0.25) is 10.7 Å². The highest BCUT2D eigenvalue weighted by atomic mass is 16.5. The molecule has 0 saturated heterocycles. The maximum absolute atomic E-state index is 5.57. The van der Waals surface area contributed by atoms with Crippen molar-refractivity contribution in [2.75, 3.05) is 0 Å². The summed E-state index contributed by atoms with van der Waals surface area (Å²) in [4.78, 5) is 4.30. The smallest absolute Gasteiger partial charge is 0.153 e. The highest BCUT2D eigenvalue weighted by Crippen LogP contribution is 2.24. The van der Waals surface area contributed by atoms with Crippen LogP contribution in [0.3, 0.4) is 0 Å². The number of aromatic nitrogens is 1. The fraction of sp³-hybridized carbons (Fsp3) is 0.375. The van der Waals surface area contributed by atoms with E-state index < -0.39 is 0 Å². The molecule has 1 aliphatic heterocycles. The Morgan fingerprint density at radius 3 is 3.27 bits per heavy atom. The van der Waals surface area contributed by atoms with Crippen LogP contribution in [0.25, 0.3) is 0 Å². The normalized spacial score (nSPS) is 21.1. The Balaban J connectivity index is 2.43. The van der Waals surface area contributed by atoms with Crippen LogP contribution in [0, 0.1) is 6.92 Å².